The van der Waals surface area contributed by atoms with Gasteiger partial charge in [0.2, 0.25) is 0 Å². The van der Waals surface area contributed by atoms with Gasteiger partial charge in [-0.25, -0.2) is 0 Å². The van der Waals surface area contributed by atoms with E-state index in [2.05, 4.69) is 6.92 Å². The highest BCUT2D eigenvalue weighted by molar-refractivity contribution is 7.99. The average molecular weight is 319 g/mol. The van der Waals surface area contributed by atoms with Crippen molar-refractivity contribution in [3.63, 3.8) is 0 Å². The number of furan rings is 1. The summed E-state index contributed by atoms with van der Waals surface area (Å²) in [6, 6.07) is 9.62. The highest BCUT2D eigenvalue weighted by Gasteiger charge is 2.19. The molecule has 1 aromatic carbocycles. The molecule has 2 aromatic rings. The van der Waals surface area contributed by atoms with Crippen molar-refractivity contribution in [1.82, 2.24) is 4.90 Å². The molecule has 0 atom stereocenters. The molecule has 0 aliphatic rings. The van der Waals surface area contributed by atoms with Gasteiger partial charge in [0.15, 0.2) is 0 Å². The highest BCUT2D eigenvalue weighted by atomic mass is 32.2. The molecule has 0 spiro atoms. The van der Waals surface area contributed by atoms with E-state index in [1.165, 1.54) is 0 Å². The molecule has 0 saturated carbocycles. The molecule has 0 unspecified atom stereocenters. The Bertz CT molecular complexity index is 583. The molecule has 118 valence electrons. The van der Waals surface area contributed by atoms with Gasteiger partial charge >= 0.3 is 0 Å². The van der Waals surface area contributed by atoms with E-state index in [4.69, 9.17) is 9.15 Å². The summed E-state index contributed by atoms with van der Waals surface area (Å²) in [6.45, 7) is 3.65. The Kier molecular flexibility index (Phi) is 6.55. The molecule has 0 radical (unpaired) electrons. The fraction of sp³-hybridized carbons (Fsp3) is 0.353. The molecule has 0 fully saturated rings. The molecule has 0 N–H and O–H groups in total. The van der Waals surface area contributed by atoms with Gasteiger partial charge in [0.25, 0.3) is 5.91 Å². The number of benzene rings is 1. The number of hydrogen-bond acceptors (Lipinski definition) is 4. The fourth-order valence-electron chi connectivity index (χ4n) is 2.15. The Labute approximate surface area is 135 Å². The molecule has 0 aliphatic carbocycles. The van der Waals surface area contributed by atoms with E-state index in [0.29, 0.717) is 19.7 Å². The highest BCUT2D eigenvalue weighted by Crippen LogP contribution is 2.24. The maximum atomic E-state index is 12.9. The number of methoxy groups -OCH3 is 1. The zero-order chi connectivity index (χ0) is 15.8. The molecule has 4 nitrogen and oxygen atoms in total. The van der Waals surface area contributed by atoms with Crippen LogP contribution in [0.4, 0.5) is 0 Å². The van der Waals surface area contributed by atoms with Crippen molar-refractivity contribution in [3.05, 3.63) is 54.0 Å². The van der Waals surface area contributed by atoms with Crippen LogP contribution >= 0.6 is 11.8 Å². The summed E-state index contributed by atoms with van der Waals surface area (Å²) in [5.74, 6) is 0.958. The third-order valence-electron chi connectivity index (χ3n) is 3.22. The molecule has 0 bridgehead atoms. The summed E-state index contributed by atoms with van der Waals surface area (Å²) < 4.78 is 10.2. The fourth-order valence-corrected chi connectivity index (χ4v) is 2.95. The average Bonchev–Trinajstić information content (AvgIpc) is 3.05. The molecule has 1 heterocycles. The Hall–Kier alpha value is -1.72. The lowest BCUT2D eigenvalue weighted by Crippen LogP contribution is -2.33. The van der Waals surface area contributed by atoms with E-state index in [0.717, 1.165) is 21.8 Å². The third-order valence-corrected chi connectivity index (χ3v) is 4.18. The topological polar surface area (TPSA) is 42.7 Å². The first-order valence-corrected chi connectivity index (χ1v) is 8.26. The molecule has 1 amide bonds. The first kappa shape index (κ1) is 16.6. The number of hydrogen-bond donors (Lipinski definition) is 0. The zero-order valence-electron chi connectivity index (χ0n) is 13.0. The molecular formula is C17H21NO3S. The van der Waals surface area contributed by atoms with E-state index < -0.39 is 0 Å². The summed E-state index contributed by atoms with van der Waals surface area (Å²) in [5, 5.41) is 0. The predicted octanol–water partition coefficient (Wildman–Crippen LogP) is 3.68. The number of thioether (sulfide) groups is 1. The lowest BCUT2D eigenvalue weighted by atomic mass is 10.2. The second-order valence-corrected chi connectivity index (χ2v) is 6.09. The SMILES string of the molecule is CCSc1ccccc1C(=O)N(CCOC)Cc1ccoc1. The number of carbonyl (C=O) groups excluding carboxylic acids is 1. The maximum Gasteiger partial charge on any atom is 0.255 e. The van der Waals surface area contributed by atoms with Crippen LogP contribution in [-0.2, 0) is 11.3 Å². The molecule has 5 heteroatoms. The Morgan fingerprint density at radius 3 is 2.82 bits per heavy atom. The van der Waals surface area contributed by atoms with Crippen LogP contribution in [-0.4, -0.2) is 36.8 Å². The molecule has 0 aliphatic heterocycles. The standard InChI is InChI=1S/C17H21NO3S/c1-3-22-16-7-5-4-6-15(16)17(19)18(9-11-20-2)12-14-8-10-21-13-14/h4-8,10,13H,3,9,11-12H2,1-2H3. The summed E-state index contributed by atoms with van der Waals surface area (Å²) in [6.07, 6.45) is 3.29. The van der Waals surface area contributed by atoms with E-state index >= 15 is 0 Å². The van der Waals surface area contributed by atoms with Gasteiger partial charge in [0.1, 0.15) is 0 Å². The second kappa shape index (κ2) is 8.66. The van der Waals surface area contributed by atoms with E-state index in [9.17, 15) is 4.79 Å². The largest absolute Gasteiger partial charge is 0.472 e. The third kappa shape index (κ3) is 4.39. The maximum absolute atomic E-state index is 12.9. The van der Waals surface area contributed by atoms with Crippen LogP contribution < -0.4 is 0 Å². The first-order valence-electron chi connectivity index (χ1n) is 7.27. The smallest absolute Gasteiger partial charge is 0.255 e. The van der Waals surface area contributed by atoms with Crippen molar-refractivity contribution >= 4 is 17.7 Å². The molecular weight excluding hydrogens is 298 g/mol. The lowest BCUT2D eigenvalue weighted by molar-refractivity contribution is 0.0676. The van der Waals surface area contributed by atoms with E-state index in [1.54, 1.807) is 36.3 Å². The first-order chi connectivity index (χ1) is 10.8. The number of nitrogens with zero attached hydrogens (tertiary/aromatic N) is 1. The van der Waals surface area contributed by atoms with Gasteiger partial charge < -0.3 is 14.1 Å². The Balaban J connectivity index is 2.20. The van der Waals surface area contributed by atoms with Crippen molar-refractivity contribution < 1.29 is 13.9 Å². The minimum absolute atomic E-state index is 0.0230. The van der Waals surface area contributed by atoms with Gasteiger partial charge in [-0.15, -0.1) is 11.8 Å². The van der Waals surface area contributed by atoms with Crippen LogP contribution in [0, 0.1) is 0 Å². The minimum Gasteiger partial charge on any atom is -0.472 e. The molecule has 0 saturated heterocycles. The summed E-state index contributed by atoms with van der Waals surface area (Å²) in [5.41, 5.74) is 1.72. The van der Waals surface area contributed by atoms with E-state index in [-0.39, 0.29) is 5.91 Å². The predicted molar refractivity (Wildman–Crippen MR) is 88.2 cm³/mol. The van der Waals surface area contributed by atoms with Crippen molar-refractivity contribution in [2.75, 3.05) is 26.0 Å². The van der Waals surface area contributed by atoms with Gasteiger partial charge in [0, 0.05) is 30.7 Å². The van der Waals surface area contributed by atoms with Crippen LogP contribution in [0.25, 0.3) is 0 Å². The van der Waals surface area contributed by atoms with Crippen LogP contribution in [0.3, 0.4) is 0 Å². The minimum atomic E-state index is 0.0230. The monoisotopic (exact) mass is 319 g/mol. The van der Waals surface area contributed by atoms with Gasteiger partial charge in [-0.3, -0.25) is 4.79 Å². The van der Waals surface area contributed by atoms with Gasteiger partial charge in [-0.1, -0.05) is 19.1 Å². The number of rotatable bonds is 8. The van der Waals surface area contributed by atoms with Gasteiger partial charge in [0.05, 0.1) is 24.7 Å². The summed E-state index contributed by atoms with van der Waals surface area (Å²) in [7, 11) is 1.64. The molecule has 22 heavy (non-hydrogen) atoms. The second-order valence-electron chi connectivity index (χ2n) is 4.78. The lowest BCUT2D eigenvalue weighted by Gasteiger charge is -2.23. The quantitative estimate of drug-likeness (QED) is 0.696. The number of amides is 1. The van der Waals surface area contributed by atoms with Crippen LogP contribution in [0.5, 0.6) is 0 Å². The summed E-state index contributed by atoms with van der Waals surface area (Å²) in [4.78, 5) is 15.7. The number of carbonyl (C=O) groups is 1. The number of ether oxygens (including phenoxy) is 1. The molecule has 2 rings (SSSR count). The van der Waals surface area contributed by atoms with Crippen LogP contribution in [0.15, 0.2) is 52.2 Å². The zero-order valence-corrected chi connectivity index (χ0v) is 13.8. The molecule has 1 aromatic heterocycles. The van der Waals surface area contributed by atoms with Crippen molar-refractivity contribution in [1.29, 1.82) is 0 Å². The van der Waals surface area contributed by atoms with Gasteiger partial charge in [-0.05, 0) is 24.0 Å². The van der Waals surface area contributed by atoms with Crippen molar-refractivity contribution in [3.8, 4) is 0 Å². The van der Waals surface area contributed by atoms with Crippen LogP contribution in [0.1, 0.15) is 22.8 Å². The Morgan fingerprint density at radius 2 is 2.14 bits per heavy atom. The van der Waals surface area contributed by atoms with E-state index in [1.807, 2.05) is 30.3 Å². The van der Waals surface area contributed by atoms with Crippen LogP contribution in [0.2, 0.25) is 0 Å². The van der Waals surface area contributed by atoms with Gasteiger partial charge in [-0.2, -0.15) is 0 Å². The normalized spacial score (nSPS) is 10.6. The Morgan fingerprint density at radius 1 is 1.32 bits per heavy atom. The van der Waals surface area contributed by atoms with Crippen molar-refractivity contribution in [2.45, 2.75) is 18.4 Å². The summed E-state index contributed by atoms with van der Waals surface area (Å²) >= 11 is 1.68. The van der Waals surface area contributed by atoms with Crippen molar-refractivity contribution in [2.24, 2.45) is 0 Å².